The van der Waals surface area contributed by atoms with E-state index in [4.69, 9.17) is 4.74 Å². The molecule has 1 unspecified atom stereocenters. The van der Waals surface area contributed by atoms with Crippen molar-refractivity contribution in [2.24, 2.45) is 10.9 Å². The highest BCUT2D eigenvalue weighted by Crippen LogP contribution is 2.42. The first kappa shape index (κ1) is 15.3. The van der Waals surface area contributed by atoms with Gasteiger partial charge in [-0.2, -0.15) is 0 Å². The van der Waals surface area contributed by atoms with Crippen molar-refractivity contribution in [3.8, 4) is 10.4 Å². The van der Waals surface area contributed by atoms with Crippen molar-refractivity contribution in [1.29, 1.82) is 0 Å². The highest BCUT2D eigenvalue weighted by atomic mass is 32.1. The number of amidine groups is 1. The van der Waals surface area contributed by atoms with E-state index in [-0.39, 0.29) is 5.60 Å². The molecule has 6 rings (SSSR count). The second-order valence-corrected chi connectivity index (χ2v) is 8.21. The summed E-state index contributed by atoms with van der Waals surface area (Å²) in [4.78, 5) is 12.8. The first-order valence-corrected chi connectivity index (χ1v) is 9.86. The standard InChI is InChI=1S/C19H22N4OS/c1-2-4-14(5-3-1)16-12-21-18(25-16)22-17-20-9-8-19(24-17)13-23-10-6-15(19)7-11-23/h1-5,12,15H,6-11,13H2,(H,20,21,22). The number of thiazole rings is 1. The number of aromatic nitrogens is 1. The van der Waals surface area contributed by atoms with Crippen LogP contribution in [0.2, 0.25) is 0 Å². The molecule has 1 spiro atoms. The van der Waals surface area contributed by atoms with Crippen LogP contribution in [0.4, 0.5) is 5.13 Å². The number of anilines is 1. The van der Waals surface area contributed by atoms with Crippen LogP contribution in [-0.4, -0.2) is 47.7 Å². The molecule has 1 N–H and O–H groups in total. The van der Waals surface area contributed by atoms with Gasteiger partial charge in [-0.25, -0.2) is 9.98 Å². The van der Waals surface area contributed by atoms with Gasteiger partial charge in [0, 0.05) is 31.6 Å². The van der Waals surface area contributed by atoms with Crippen molar-refractivity contribution in [1.82, 2.24) is 9.88 Å². The van der Waals surface area contributed by atoms with E-state index in [1.165, 1.54) is 31.5 Å². The summed E-state index contributed by atoms with van der Waals surface area (Å²) in [5.74, 6) is 0.668. The molecule has 4 aliphatic rings. The molecular weight excluding hydrogens is 332 g/mol. The molecule has 2 aromatic rings. The molecule has 0 saturated carbocycles. The molecule has 1 aromatic carbocycles. The van der Waals surface area contributed by atoms with E-state index in [0.29, 0.717) is 11.9 Å². The van der Waals surface area contributed by atoms with Gasteiger partial charge in [0.2, 0.25) is 0 Å². The van der Waals surface area contributed by atoms with Crippen LogP contribution in [-0.2, 0) is 4.74 Å². The number of fused-ring (bicyclic) bond motifs is 2. The van der Waals surface area contributed by atoms with Crippen LogP contribution in [0.5, 0.6) is 0 Å². The lowest BCUT2D eigenvalue weighted by molar-refractivity contribution is -0.109. The lowest BCUT2D eigenvalue weighted by atomic mass is 9.73. The fourth-order valence-corrected chi connectivity index (χ4v) is 5.18. The minimum Gasteiger partial charge on any atom is -0.457 e. The Hall–Kier alpha value is -1.92. The molecule has 2 bridgehead atoms. The summed E-state index contributed by atoms with van der Waals surface area (Å²) in [6, 6.07) is 11.0. The predicted octanol–water partition coefficient (Wildman–Crippen LogP) is 3.46. The van der Waals surface area contributed by atoms with Crippen molar-refractivity contribution in [3.63, 3.8) is 0 Å². The van der Waals surface area contributed by atoms with Crippen LogP contribution in [0.1, 0.15) is 19.3 Å². The first-order valence-electron chi connectivity index (χ1n) is 9.05. The zero-order valence-corrected chi connectivity index (χ0v) is 15.0. The van der Waals surface area contributed by atoms with Crippen LogP contribution < -0.4 is 5.32 Å². The molecular formula is C19H22N4OS. The lowest BCUT2D eigenvalue weighted by Crippen LogP contribution is -2.62. The van der Waals surface area contributed by atoms with Crippen LogP contribution in [0, 0.1) is 5.92 Å². The van der Waals surface area contributed by atoms with Crippen molar-refractivity contribution >= 4 is 22.5 Å². The van der Waals surface area contributed by atoms with Gasteiger partial charge in [0.15, 0.2) is 5.13 Å². The molecule has 5 nitrogen and oxygen atoms in total. The number of ether oxygens (including phenoxy) is 1. The van der Waals surface area contributed by atoms with Gasteiger partial charge in [0.25, 0.3) is 6.02 Å². The van der Waals surface area contributed by atoms with E-state index in [0.717, 1.165) is 29.5 Å². The third kappa shape index (κ3) is 2.83. The monoisotopic (exact) mass is 354 g/mol. The van der Waals surface area contributed by atoms with Crippen molar-refractivity contribution in [2.45, 2.75) is 24.9 Å². The zero-order valence-electron chi connectivity index (χ0n) is 14.1. The maximum Gasteiger partial charge on any atom is 0.291 e. The minimum atomic E-state index is -0.0416. The minimum absolute atomic E-state index is 0.0416. The SMILES string of the molecule is c1ccc(-c2cnc(NC3=NCCC4(CN5CCC4CC5)O3)s2)cc1. The smallest absolute Gasteiger partial charge is 0.291 e. The van der Waals surface area contributed by atoms with E-state index in [2.05, 4.69) is 32.3 Å². The third-order valence-electron chi connectivity index (χ3n) is 5.69. The number of rotatable bonds is 2. The topological polar surface area (TPSA) is 49.8 Å². The maximum absolute atomic E-state index is 6.43. The van der Waals surface area contributed by atoms with E-state index >= 15 is 0 Å². The number of benzene rings is 1. The molecule has 25 heavy (non-hydrogen) atoms. The highest BCUT2D eigenvalue weighted by molar-refractivity contribution is 7.19. The van der Waals surface area contributed by atoms with Crippen LogP contribution in [0.3, 0.4) is 0 Å². The summed E-state index contributed by atoms with van der Waals surface area (Å²) in [7, 11) is 0. The maximum atomic E-state index is 6.43. The van der Waals surface area contributed by atoms with Gasteiger partial charge in [-0.1, -0.05) is 41.7 Å². The average molecular weight is 354 g/mol. The van der Waals surface area contributed by atoms with Gasteiger partial charge in [-0.15, -0.1) is 0 Å². The molecule has 0 aliphatic carbocycles. The summed E-state index contributed by atoms with van der Waals surface area (Å²) in [5.41, 5.74) is 1.15. The summed E-state index contributed by atoms with van der Waals surface area (Å²) >= 11 is 1.64. The number of hydrogen-bond donors (Lipinski definition) is 1. The Morgan fingerprint density at radius 1 is 1.20 bits per heavy atom. The molecule has 1 aromatic heterocycles. The Balaban J connectivity index is 1.32. The third-order valence-corrected chi connectivity index (χ3v) is 6.65. The molecule has 6 heteroatoms. The van der Waals surface area contributed by atoms with E-state index in [1.54, 1.807) is 11.3 Å². The van der Waals surface area contributed by atoms with Gasteiger partial charge < -0.3 is 4.74 Å². The van der Waals surface area contributed by atoms with Gasteiger partial charge in [0.1, 0.15) is 5.60 Å². The Morgan fingerprint density at radius 3 is 2.80 bits per heavy atom. The summed E-state index contributed by atoms with van der Waals surface area (Å²) in [5, 5.41) is 4.16. The Kier molecular flexibility index (Phi) is 3.75. The van der Waals surface area contributed by atoms with Gasteiger partial charge in [-0.05, 0) is 31.5 Å². The van der Waals surface area contributed by atoms with Crippen molar-refractivity contribution < 1.29 is 4.74 Å². The van der Waals surface area contributed by atoms with Gasteiger partial charge in [-0.3, -0.25) is 10.2 Å². The molecule has 1 atom stereocenters. The quantitative estimate of drug-likeness (QED) is 0.897. The summed E-state index contributed by atoms with van der Waals surface area (Å²) < 4.78 is 6.43. The van der Waals surface area contributed by atoms with Crippen molar-refractivity contribution in [3.05, 3.63) is 36.5 Å². The van der Waals surface area contributed by atoms with Crippen LogP contribution in [0.25, 0.3) is 10.4 Å². The first-order chi connectivity index (χ1) is 12.3. The number of nitrogens with zero attached hydrogens (tertiary/aromatic N) is 3. The van der Waals surface area contributed by atoms with Gasteiger partial charge >= 0.3 is 0 Å². The van der Waals surface area contributed by atoms with Crippen LogP contribution in [0.15, 0.2) is 41.5 Å². The summed E-state index contributed by atoms with van der Waals surface area (Å²) in [6.07, 6.45) is 5.45. The second-order valence-electron chi connectivity index (χ2n) is 7.17. The van der Waals surface area contributed by atoms with E-state index in [9.17, 15) is 0 Å². The second kappa shape index (κ2) is 6.11. The molecule has 5 heterocycles. The fraction of sp³-hybridized carbons (Fsp3) is 0.474. The lowest BCUT2D eigenvalue weighted by Gasteiger charge is -2.53. The normalized spacial score (nSPS) is 30.8. The molecule has 0 radical (unpaired) electrons. The molecule has 4 aliphatic heterocycles. The number of aliphatic imine (C=N–C) groups is 1. The largest absolute Gasteiger partial charge is 0.457 e. The van der Waals surface area contributed by atoms with E-state index < -0.39 is 0 Å². The number of piperidine rings is 3. The van der Waals surface area contributed by atoms with E-state index in [1.807, 2.05) is 24.4 Å². The number of hydrogen-bond acceptors (Lipinski definition) is 6. The highest BCUT2D eigenvalue weighted by Gasteiger charge is 2.50. The van der Waals surface area contributed by atoms with Crippen LogP contribution >= 0.6 is 11.3 Å². The molecule has 0 amide bonds. The molecule has 3 saturated heterocycles. The van der Waals surface area contributed by atoms with Gasteiger partial charge in [0.05, 0.1) is 4.88 Å². The molecule has 3 fully saturated rings. The molecule has 130 valence electrons. The fourth-order valence-electron chi connectivity index (χ4n) is 4.37. The predicted molar refractivity (Wildman–Crippen MR) is 101 cm³/mol. The Bertz CT molecular complexity index is 782. The Labute approximate surface area is 151 Å². The Morgan fingerprint density at radius 2 is 2.04 bits per heavy atom. The number of nitrogens with one attached hydrogen (secondary N) is 1. The summed E-state index contributed by atoms with van der Waals surface area (Å²) in [6.45, 7) is 4.33. The van der Waals surface area contributed by atoms with Crippen molar-refractivity contribution in [2.75, 3.05) is 31.5 Å². The zero-order chi connectivity index (χ0) is 16.7. The average Bonchev–Trinajstić information content (AvgIpc) is 3.12.